The Balaban J connectivity index is 0.000000146. The summed E-state index contributed by atoms with van der Waals surface area (Å²) in [7, 11) is 2.98. The number of aromatic nitrogens is 14. The number of halogens is 5. The number of morpholine rings is 2. The third-order valence-corrected chi connectivity index (χ3v) is 10.7. The lowest BCUT2D eigenvalue weighted by molar-refractivity contribution is 0.122. The highest BCUT2D eigenvalue weighted by atomic mass is 79.9. The molecular weight excluding hydrogens is 1060 g/mol. The second-order valence-corrected chi connectivity index (χ2v) is 16.3. The summed E-state index contributed by atoms with van der Waals surface area (Å²) in [6.45, 7) is 6.00. The zero-order valence-corrected chi connectivity index (χ0v) is 41.0. The van der Waals surface area contributed by atoms with Gasteiger partial charge in [0.15, 0.2) is 11.5 Å². The third-order valence-electron chi connectivity index (χ3n) is 9.30. The van der Waals surface area contributed by atoms with Crippen LogP contribution in [0.25, 0.3) is 28.7 Å². The predicted molar refractivity (Wildman–Crippen MR) is 256 cm³/mol. The van der Waals surface area contributed by atoms with Crippen LogP contribution in [0.5, 0.6) is 17.2 Å². The quantitative estimate of drug-likeness (QED) is 0.119. The Morgan fingerprint density at radius 1 is 0.552 bits per heavy atom. The molecule has 67 heavy (non-hydrogen) atoms. The van der Waals surface area contributed by atoms with Crippen LogP contribution in [-0.4, -0.2) is 140 Å². The number of methoxy groups -OCH3 is 2. The standard InChI is InChI=1S/C19H21N5O4.C11H12BrN5O.C7H4BrClN4.C4H2Cl2N2/c1-26-15-9-13(10-16(27-2)18(15)25)14-11-24(12-21-14)17-3-4-20-19(22-17)23-5-7-28-8-6-23;12-9-7-17(8-14-9)10-1-2-13-11(15-10)16-3-5-18-6-4-16;8-5-3-13(4-11-5)6-1-2-10-7(9)12-6;5-3-1-2-7-4(6)8-3/h3-4,9-12,25H,5-8H2,1-2H3;1-2,7-8H,3-6H2;1-4H;1-2H. The molecule has 2 aliphatic rings. The minimum atomic E-state index is -0.0425. The summed E-state index contributed by atoms with van der Waals surface area (Å²) in [4.78, 5) is 49.7. The molecule has 0 bridgehead atoms. The number of nitrogens with zero attached hydrogens (tertiary/aromatic N) is 16. The van der Waals surface area contributed by atoms with Gasteiger partial charge in [0.25, 0.3) is 0 Å². The molecule has 348 valence electrons. The maximum Gasteiger partial charge on any atom is 0.227 e. The van der Waals surface area contributed by atoms with E-state index in [0.29, 0.717) is 53.1 Å². The molecular formula is C41H39Br2Cl3N16O5. The minimum Gasteiger partial charge on any atom is -0.502 e. The third kappa shape index (κ3) is 13.7. The van der Waals surface area contributed by atoms with Gasteiger partial charge in [0.2, 0.25) is 28.2 Å². The molecule has 1 N–H and O–H groups in total. The van der Waals surface area contributed by atoms with Gasteiger partial charge < -0.3 is 33.9 Å². The minimum absolute atomic E-state index is 0.0425. The first-order valence-electron chi connectivity index (χ1n) is 19.9. The van der Waals surface area contributed by atoms with Crippen LogP contribution in [0, 0.1) is 0 Å². The Bertz CT molecular complexity index is 2800. The Morgan fingerprint density at radius 2 is 0.985 bits per heavy atom. The number of rotatable bonds is 8. The topological polar surface area (TPSA) is 220 Å². The van der Waals surface area contributed by atoms with Crippen molar-refractivity contribution in [3.8, 4) is 46.0 Å². The smallest absolute Gasteiger partial charge is 0.227 e. The number of anilines is 2. The second kappa shape index (κ2) is 24.1. The fourth-order valence-corrected chi connectivity index (χ4v) is 7.16. The van der Waals surface area contributed by atoms with Crippen molar-refractivity contribution in [2.45, 2.75) is 0 Å². The molecule has 10 rings (SSSR count). The fourth-order valence-electron chi connectivity index (χ4n) is 6.07. The van der Waals surface area contributed by atoms with Crippen molar-refractivity contribution in [2.75, 3.05) is 76.6 Å². The summed E-state index contributed by atoms with van der Waals surface area (Å²) < 4.78 is 28.1. The summed E-state index contributed by atoms with van der Waals surface area (Å²) in [6, 6.07) is 10.4. The van der Waals surface area contributed by atoms with Crippen LogP contribution in [0.1, 0.15) is 0 Å². The molecule has 8 aromatic rings. The molecule has 2 saturated heterocycles. The highest BCUT2D eigenvalue weighted by Gasteiger charge is 2.18. The summed E-state index contributed by atoms with van der Waals surface area (Å²) in [5.74, 6) is 4.22. The molecule has 26 heteroatoms. The Kier molecular flexibility index (Phi) is 17.6. The molecule has 1 aromatic carbocycles. The van der Waals surface area contributed by atoms with Gasteiger partial charge in [-0.25, -0.2) is 39.9 Å². The van der Waals surface area contributed by atoms with E-state index < -0.39 is 0 Å². The lowest BCUT2D eigenvalue weighted by Crippen LogP contribution is -2.37. The van der Waals surface area contributed by atoms with Crippen LogP contribution in [0.4, 0.5) is 11.9 Å². The molecule has 7 aromatic heterocycles. The second-order valence-electron chi connectivity index (χ2n) is 13.6. The van der Waals surface area contributed by atoms with E-state index in [0.717, 1.165) is 65.9 Å². The molecule has 0 amide bonds. The predicted octanol–water partition coefficient (Wildman–Crippen LogP) is 7.01. The van der Waals surface area contributed by atoms with E-state index in [1.165, 1.54) is 20.4 Å². The molecule has 0 radical (unpaired) electrons. The van der Waals surface area contributed by atoms with Crippen LogP contribution in [0.2, 0.25) is 15.7 Å². The zero-order chi connectivity index (χ0) is 47.1. The number of benzene rings is 1. The van der Waals surface area contributed by atoms with Gasteiger partial charge in [0, 0.05) is 75.1 Å². The van der Waals surface area contributed by atoms with Crippen molar-refractivity contribution in [2.24, 2.45) is 0 Å². The molecule has 0 unspecified atom stereocenters. The maximum atomic E-state index is 10.1. The van der Waals surface area contributed by atoms with E-state index in [1.807, 2.05) is 33.7 Å². The van der Waals surface area contributed by atoms with Crippen molar-refractivity contribution in [3.63, 3.8) is 0 Å². The van der Waals surface area contributed by atoms with Crippen LogP contribution in [0.15, 0.2) is 108 Å². The van der Waals surface area contributed by atoms with Gasteiger partial charge in [-0.2, -0.15) is 15.0 Å². The van der Waals surface area contributed by atoms with Gasteiger partial charge in [-0.1, -0.05) is 11.6 Å². The monoisotopic (exact) mass is 1100 g/mol. The Hall–Kier alpha value is -6.08. The van der Waals surface area contributed by atoms with Crippen molar-refractivity contribution >= 4 is 78.6 Å². The van der Waals surface area contributed by atoms with E-state index in [9.17, 15) is 5.11 Å². The summed E-state index contributed by atoms with van der Waals surface area (Å²) in [5, 5.41) is 10.9. The maximum absolute atomic E-state index is 10.1. The Labute approximate surface area is 415 Å². The van der Waals surface area contributed by atoms with Crippen LogP contribution >= 0.6 is 66.7 Å². The molecule has 2 fully saturated rings. The summed E-state index contributed by atoms with van der Waals surface area (Å²) in [5.41, 5.74) is 1.45. The zero-order valence-electron chi connectivity index (χ0n) is 35.5. The van der Waals surface area contributed by atoms with Gasteiger partial charge in [-0.15, -0.1) is 0 Å². The first-order chi connectivity index (χ1) is 32.6. The number of phenolic OH excluding ortho intramolecular Hbond substituents is 1. The number of aromatic hydroxyl groups is 1. The molecule has 21 nitrogen and oxygen atoms in total. The number of ether oxygens (including phenoxy) is 4. The molecule has 0 aliphatic carbocycles. The average molecular weight is 1100 g/mol. The number of hydrogen-bond acceptors (Lipinski definition) is 18. The van der Waals surface area contributed by atoms with Crippen molar-refractivity contribution in [1.29, 1.82) is 0 Å². The van der Waals surface area contributed by atoms with Crippen LogP contribution < -0.4 is 19.3 Å². The summed E-state index contributed by atoms with van der Waals surface area (Å²) >= 11 is 22.9. The molecule has 0 atom stereocenters. The van der Waals surface area contributed by atoms with E-state index in [1.54, 1.807) is 72.6 Å². The van der Waals surface area contributed by atoms with Gasteiger partial charge in [-0.05, 0) is 91.5 Å². The van der Waals surface area contributed by atoms with E-state index >= 15 is 0 Å². The van der Waals surface area contributed by atoms with E-state index in [2.05, 4.69) is 96.5 Å². The molecule has 0 saturated carbocycles. The summed E-state index contributed by atoms with van der Waals surface area (Å²) in [6.07, 6.45) is 17.2. The lowest BCUT2D eigenvalue weighted by atomic mass is 10.1. The average Bonchev–Trinajstić information content (AvgIpc) is 4.15. The Morgan fingerprint density at radius 3 is 1.40 bits per heavy atom. The van der Waals surface area contributed by atoms with Gasteiger partial charge >= 0.3 is 0 Å². The highest BCUT2D eigenvalue weighted by molar-refractivity contribution is 9.10. The van der Waals surface area contributed by atoms with Crippen molar-refractivity contribution < 1.29 is 24.1 Å². The lowest BCUT2D eigenvalue weighted by Gasteiger charge is -2.26. The van der Waals surface area contributed by atoms with E-state index in [4.69, 9.17) is 53.8 Å². The molecule has 0 spiro atoms. The van der Waals surface area contributed by atoms with Gasteiger partial charge in [-0.3, -0.25) is 13.7 Å². The van der Waals surface area contributed by atoms with Gasteiger partial charge in [0.1, 0.15) is 50.8 Å². The van der Waals surface area contributed by atoms with Crippen LogP contribution in [0.3, 0.4) is 0 Å². The van der Waals surface area contributed by atoms with Gasteiger partial charge in [0.05, 0.1) is 46.3 Å². The fraction of sp³-hybridized carbons (Fsp3) is 0.244. The van der Waals surface area contributed by atoms with Crippen LogP contribution in [-0.2, 0) is 9.47 Å². The molecule has 2 aliphatic heterocycles. The van der Waals surface area contributed by atoms with E-state index in [-0.39, 0.29) is 16.3 Å². The largest absolute Gasteiger partial charge is 0.502 e. The number of phenols is 1. The first kappa shape index (κ1) is 48.8. The number of hydrogen-bond donors (Lipinski definition) is 1. The van der Waals surface area contributed by atoms with Crippen molar-refractivity contribution in [1.82, 2.24) is 68.5 Å². The number of imidazole rings is 3. The highest BCUT2D eigenvalue weighted by Crippen LogP contribution is 2.40. The normalized spacial score (nSPS) is 13.3. The SMILES string of the molecule is Brc1cn(-c2ccnc(N3CCOCC3)n2)cn1.COc1cc(-c2cn(-c3ccnc(N4CCOCC4)n3)cn2)cc(OC)c1O.Clc1ccnc(Cl)n1.Clc1nccc(-n2cnc(Br)c2)n1. The molecule has 9 heterocycles. The first-order valence-corrected chi connectivity index (χ1v) is 22.6. The van der Waals surface area contributed by atoms with Crippen molar-refractivity contribution in [3.05, 3.63) is 124 Å².